The number of thiocarbonyl (C=S) groups is 1. The van der Waals surface area contributed by atoms with Crippen LogP contribution in [0.15, 0.2) is 24.3 Å². The number of nitrogens with one attached hydrogen (secondary N) is 2. The predicted octanol–water partition coefficient (Wildman–Crippen LogP) is 3.76. The van der Waals surface area contributed by atoms with Crippen LogP contribution in [0.25, 0.3) is 0 Å². The summed E-state index contributed by atoms with van der Waals surface area (Å²) in [6, 6.07) is 7.25. The van der Waals surface area contributed by atoms with Gasteiger partial charge in [-0.3, -0.25) is 10.1 Å². The largest absolute Gasteiger partial charge is 0.493 e. The Labute approximate surface area is 164 Å². The molecule has 0 saturated carbocycles. The summed E-state index contributed by atoms with van der Waals surface area (Å²) in [5, 5.41) is 5.99. The van der Waals surface area contributed by atoms with E-state index in [4.69, 9.17) is 26.4 Å². The Morgan fingerprint density at radius 3 is 1.85 bits per heavy atom. The number of carbonyl (C=O) groups excluding carboxylic acids is 1. The maximum atomic E-state index is 12.6. The quantitative estimate of drug-likeness (QED) is 0.760. The van der Waals surface area contributed by atoms with E-state index in [0.29, 0.717) is 22.8 Å². The molecule has 0 aromatic heterocycles. The highest BCUT2D eigenvalue weighted by atomic mass is 32.1. The van der Waals surface area contributed by atoms with Gasteiger partial charge in [-0.15, -0.1) is 0 Å². The summed E-state index contributed by atoms with van der Waals surface area (Å²) < 4.78 is 15.8. The van der Waals surface area contributed by atoms with Gasteiger partial charge >= 0.3 is 0 Å². The topological polar surface area (TPSA) is 68.8 Å². The zero-order valence-electron chi connectivity index (χ0n) is 16.4. The second-order valence-corrected chi connectivity index (χ2v) is 6.50. The van der Waals surface area contributed by atoms with Crippen LogP contribution in [0.2, 0.25) is 0 Å². The second-order valence-electron chi connectivity index (χ2n) is 6.10. The number of amides is 1. The summed E-state index contributed by atoms with van der Waals surface area (Å²) in [5.41, 5.74) is 4.50. The molecule has 2 rings (SSSR count). The molecule has 2 aromatic carbocycles. The number of ether oxygens (including phenoxy) is 3. The average molecular weight is 388 g/mol. The first-order valence-electron chi connectivity index (χ1n) is 8.30. The number of hydrogen-bond donors (Lipinski definition) is 2. The van der Waals surface area contributed by atoms with Crippen LogP contribution >= 0.6 is 12.2 Å². The van der Waals surface area contributed by atoms with Gasteiger partial charge in [-0.2, -0.15) is 0 Å². The molecule has 0 aliphatic rings. The summed E-state index contributed by atoms with van der Waals surface area (Å²) in [5.74, 6) is 0.828. The maximum Gasteiger partial charge on any atom is 0.257 e. The third kappa shape index (κ3) is 4.68. The van der Waals surface area contributed by atoms with Crippen LogP contribution in [0.5, 0.6) is 17.2 Å². The van der Waals surface area contributed by atoms with E-state index in [9.17, 15) is 4.79 Å². The molecule has 2 N–H and O–H groups in total. The molecule has 0 fully saturated rings. The van der Waals surface area contributed by atoms with E-state index in [1.54, 1.807) is 12.1 Å². The highest BCUT2D eigenvalue weighted by molar-refractivity contribution is 7.80. The van der Waals surface area contributed by atoms with Crippen LogP contribution in [0.4, 0.5) is 5.69 Å². The van der Waals surface area contributed by atoms with Crippen molar-refractivity contribution in [1.82, 2.24) is 5.32 Å². The fraction of sp³-hybridized carbons (Fsp3) is 0.300. The maximum absolute atomic E-state index is 12.6. The van der Waals surface area contributed by atoms with Crippen molar-refractivity contribution in [1.29, 1.82) is 0 Å². The molecular weight excluding hydrogens is 364 g/mol. The third-order valence-corrected chi connectivity index (χ3v) is 4.27. The van der Waals surface area contributed by atoms with Crippen molar-refractivity contribution in [2.75, 3.05) is 26.6 Å². The first kappa shape index (κ1) is 20.5. The van der Waals surface area contributed by atoms with E-state index in [2.05, 4.69) is 22.8 Å². The van der Waals surface area contributed by atoms with E-state index in [1.165, 1.54) is 26.9 Å². The summed E-state index contributed by atoms with van der Waals surface area (Å²) in [4.78, 5) is 12.6. The van der Waals surface area contributed by atoms with Gasteiger partial charge in [0.1, 0.15) is 0 Å². The minimum Gasteiger partial charge on any atom is -0.493 e. The third-order valence-electron chi connectivity index (χ3n) is 4.07. The molecule has 27 heavy (non-hydrogen) atoms. The number of rotatable bonds is 5. The Bertz CT molecular complexity index is 832. The van der Waals surface area contributed by atoms with Crippen molar-refractivity contribution in [2.24, 2.45) is 0 Å². The zero-order valence-corrected chi connectivity index (χ0v) is 17.2. The summed E-state index contributed by atoms with van der Waals surface area (Å²) in [6.07, 6.45) is 0. The van der Waals surface area contributed by atoms with Gasteiger partial charge < -0.3 is 19.5 Å². The van der Waals surface area contributed by atoms with Crippen molar-refractivity contribution in [3.8, 4) is 17.2 Å². The molecule has 0 atom stereocenters. The lowest BCUT2D eigenvalue weighted by molar-refractivity contribution is 0.0977. The predicted molar refractivity (Wildman–Crippen MR) is 110 cm³/mol. The number of methoxy groups -OCH3 is 3. The zero-order chi connectivity index (χ0) is 20.1. The number of aryl methyl sites for hydroxylation is 3. The Hall–Kier alpha value is -2.80. The average Bonchev–Trinajstić information content (AvgIpc) is 2.63. The van der Waals surface area contributed by atoms with Gasteiger partial charge in [0.05, 0.1) is 21.3 Å². The molecule has 0 unspecified atom stereocenters. The fourth-order valence-corrected chi connectivity index (χ4v) is 3.10. The van der Waals surface area contributed by atoms with Crippen LogP contribution in [0, 0.1) is 20.8 Å². The second kappa shape index (κ2) is 8.73. The number of anilines is 1. The van der Waals surface area contributed by atoms with Crippen molar-refractivity contribution in [3.63, 3.8) is 0 Å². The lowest BCUT2D eigenvalue weighted by Crippen LogP contribution is -2.34. The molecule has 0 heterocycles. The summed E-state index contributed by atoms with van der Waals surface area (Å²) >= 11 is 5.31. The normalized spacial score (nSPS) is 10.1. The standard InChI is InChI=1S/C20H24N2O4S/c1-11-7-12(2)17(13(3)8-11)21-20(27)22-19(23)14-9-15(24-4)18(26-6)16(10-14)25-5/h7-10H,1-6H3,(H2,21,22,23,27). The Morgan fingerprint density at radius 1 is 0.889 bits per heavy atom. The lowest BCUT2D eigenvalue weighted by Gasteiger charge is -2.16. The molecule has 1 amide bonds. The molecule has 0 aliphatic carbocycles. The Balaban J connectivity index is 2.21. The first-order chi connectivity index (χ1) is 12.8. The minimum atomic E-state index is -0.380. The molecule has 2 aromatic rings. The van der Waals surface area contributed by atoms with Crippen molar-refractivity contribution < 1.29 is 19.0 Å². The van der Waals surface area contributed by atoms with Crippen molar-refractivity contribution in [2.45, 2.75) is 20.8 Å². The van der Waals surface area contributed by atoms with Gasteiger partial charge in [-0.05, 0) is 56.2 Å². The van der Waals surface area contributed by atoms with Gasteiger partial charge in [-0.25, -0.2) is 0 Å². The molecular formula is C20H24N2O4S. The molecule has 0 saturated heterocycles. The minimum absolute atomic E-state index is 0.212. The van der Waals surface area contributed by atoms with Gasteiger partial charge in [0.2, 0.25) is 5.75 Å². The van der Waals surface area contributed by atoms with E-state index in [-0.39, 0.29) is 11.0 Å². The SMILES string of the molecule is COc1cc(C(=O)NC(=S)Nc2c(C)cc(C)cc2C)cc(OC)c1OC. The summed E-state index contributed by atoms with van der Waals surface area (Å²) in [7, 11) is 4.49. The van der Waals surface area contributed by atoms with Gasteiger partial charge in [0.25, 0.3) is 5.91 Å². The van der Waals surface area contributed by atoms with Crippen molar-refractivity contribution in [3.05, 3.63) is 46.5 Å². The number of benzene rings is 2. The fourth-order valence-electron chi connectivity index (χ4n) is 2.91. The number of carbonyl (C=O) groups is 1. The molecule has 0 bridgehead atoms. The van der Waals surface area contributed by atoms with E-state index in [1.807, 2.05) is 20.8 Å². The Kier molecular flexibility index (Phi) is 6.63. The van der Waals surface area contributed by atoms with E-state index < -0.39 is 0 Å². The van der Waals surface area contributed by atoms with E-state index in [0.717, 1.165) is 16.8 Å². The highest BCUT2D eigenvalue weighted by Gasteiger charge is 2.18. The smallest absolute Gasteiger partial charge is 0.257 e. The van der Waals surface area contributed by atoms with Crippen LogP contribution < -0.4 is 24.8 Å². The van der Waals surface area contributed by atoms with Crippen molar-refractivity contribution >= 4 is 28.9 Å². The molecule has 0 spiro atoms. The molecule has 0 radical (unpaired) electrons. The van der Waals surface area contributed by atoms with Gasteiger partial charge in [-0.1, -0.05) is 17.7 Å². The van der Waals surface area contributed by atoms with Crippen LogP contribution in [0.3, 0.4) is 0 Å². The van der Waals surface area contributed by atoms with Crippen LogP contribution in [0.1, 0.15) is 27.0 Å². The lowest BCUT2D eigenvalue weighted by atomic mass is 10.1. The van der Waals surface area contributed by atoms with Crippen LogP contribution in [-0.4, -0.2) is 32.3 Å². The Morgan fingerprint density at radius 2 is 1.41 bits per heavy atom. The van der Waals surface area contributed by atoms with Gasteiger partial charge in [0, 0.05) is 11.3 Å². The monoisotopic (exact) mass is 388 g/mol. The molecule has 6 nitrogen and oxygen atoms in total. The molecule has 0 aliphatic heterocycles. The highest BCUT2D eigenvalue weighted by Crippen LogP contribution is 2.38. The molecule has 144 valence electrons. The van der Waals surface area contributed by atoms with Gasteiger partial charge in [0.15, 0.2) is 16.6 Å². The van der Waals surface area contributed by atoms with Crippen LogP contribution in [-0.2, 0) is 0 Å². The first-order valence-corrected chi connectivity index (χ1v) is 8.71. The summed E-state index contributed by atoms with van der Waals surface area (Å²) in [6.45, 7) is 6.02. The number of hydrogen-bond acceptors (Lipinski definition) is 5. The molecule has 7 heteroatoms. The van der Waals surface area contributed by atoms with E-state index >= 15 is 0 Å².